The lowest BCUT2D eigenvalue weighted by Crippen LogP contribution is -2.14. The Morgan fingerprint density at radius 2 is 2.30 bits per heavy atom. The minimum Gasteiger partial charge on any atom is -0.462 e. The molecule has 3 N–H and O–H groups in total. The summed E-state index contributed by atoms with van der Waals surface area (Å²) in [4.78, 5) is 27.3. The summed E-state index contributed by atoms with van der Waals surface area (Å²) in [7, 11) is 1.79. The topological polar surface area (TPSA) is 116 Å². The molecule has 8 nitrogen and oxygen atoms in total. The van der Waals surface area contributed by atoms with Gasteiger partial charge in [-0.1, -0.05) is 0 Å². The number of hydrogen-bond acceptors (Lipinski definition) is 6. The van der Waals surface area contributed by atoms with E-state index in [1.54, 1.807) is 29.4 Å². The van der Waals surface area contributed by atoms with E-state index in [0.29, 0.717) is 22.3 Å². The number of amides is 2. The molecule has 0 saturated heterocycles. The number of nitrogens with zero attached hydrogens (tertiary/aromatic N) is 3. The second-order valence-electron chi connectivity index (χ2n) is 4.81. The van der Waals surface area contributed by atoms with Crippen LogP contribution in [0.15, 0.2) is 34.4 Å². The number of thiazole rings is 1. The smallest absolute Gasteiger partial charge is 0.251 e. The maximum absolute atomic E-state index is 12.0. The third-order valence-electron chi connectivity index (χ3n) is 3.00. The Kier molecular flexibility index (Phi) is 3.94. The maximum Gasteiger partial charge on any atom is 0.251 e. The van der Waals surface area contributed by atoms with E-state index in [-0.39, 0.29) is 17.9 Å². The molecule has 0 aliphatic carbocycles. The first-order chi connectivity index (χ1) is 11.0. The summed E-state index contributed by atoms with van der Waals surface area (Å²) in [6.07, 6.45) is 3.22. The highest BCUT2D eigenvalue weighted by Gasteiger charge is 2.13. The number of nitrogens with two attached hydrogens (primary N) is 1. The number of carbonyl (C=O) groups is 2. The lowest BCUT2D eigenvalue weighted by atomic mass is 10.3. The van der Waals surface area contributed by atoms with Crippen molar-refractivity contribution in [3.05, 3.63) is 41.2 Å². The number of aryl methyl sites for hydroxylation is 1. The number of nitrogens with one attached hydrogen (secondary N) is 1. The first kappa shape index (κ1) is 15.0. The van der Waals surface area contributed by atoms with Gasteiger partial charge in [0.05, 0.1) is 17.7 Å². The van der Waals surface area contributed by atoms with Gasteiger partial charge in [-0.3, -0.25) is 14.3 Å². The van der Waals surface area contributed by atoms with E-state index >= 15 is 0 Å². The largest absolute Gasteiger partial charge is 0.462 e. The molecule has 0 atom stereocenters. The van der Waals surface area contributed by atoms with Crippen LogP contribution in [0.1, 0.15) is 16.1 Å². The molecule has 0 spiro atoms. The maximum atomic E-state index is 12.0. The standard InChI is InChI=1S/C14H13N5O3S/c1-19-3-2-9(18-19)5-12(20)17-14-16-10(7-23-14)11-4-8(6-22-11)13(15)21/h2-4,6-7H,5H2,1H3,(H2,15,21)(H,16,17,20). The van der Waals surface area contributed by atoms with Crippen molar-refractivity contribution < 1.29 is 14.0 Å². The number of hydrogen-bond donors (Lipinski definition) is 2. The van der Waals surface area contributed by atoms with E-state index in [1.165, 1.54) is 23.7 Å². The van der Waals surface area contributed by atoms with E-state index in [0.717, 1.165) is 0 Å². The SMILES string of the molecule is Cn1ccc(CC(=O)Nc2nc(-c3cc(C(N)=O)co3)cs2)n1. The van der Waals surface area contributed by atoms with Crippen LogP contribution in [0.3, 0.4) is 0 Å². The summed E-state index contributed by atoms with van der Waals surface area (Å²) >= 11 is 1.26. The van der Waals surface area contributed by atoms with Gasteiger partial charge in [0.2, 0.25) is 5.91 Å². The molecule has 0 radical (unpaired) electrons. The number of furan rings is 1. The fraction of sp³-hybridized carbons (Fsp3) is 0.143. The van der Waals surface area contributed by atoms with Crippen molar-refractivity contribution in [2.24, 2.45) is 12.8 Å². The third-order valence-corrected chi connectivity index (χ3v) is 3.76. The van der Waals surface area contributed by atoms with Crippen molar-refractivity contribution >= 4 is 28.3 Å². The van der Waals surface area contributed by atoms with E-state index in [4.69, 9.17) is 10.2 Å². The van der Waals surface area contributed by atoms with Crippen LogP contribution in [0, 0.1) is 0 Å². The summed E-state index contributed by atoms with van der Waals surface area (Å²) in [6.45, 7) is 0. The zero-order valence-electron chi connectivity index (χ0n) is 12.1. The van der Waals surface area contributed by atoms with Crippen LogP contribution in [0.4, 0.5) is 5.13 Å². The third kappa shape index (κ3) is 3.46. The highest BCUT2D eigenvalue weighted by Crippen LogP contribution is 2.26. The number of primary amides is 1. The minimum absolute atomic E-state index is 0.169. The molecular weight excluding hydrogens is 318 g/mol. The van der Waals surface area contributed by atoms with Crippen LogP contribution in [0.25, 0.3) is 11.5 Å². The molecule has 0 aromatic carbocycles. The summed E-state index contributed by atoms with van der Waals surface area (Å²) in [5.74, 6) is -0.360. The average molecular weight is 331 g/mol. The molecule has 0 bridgehead atoms. The monoisotopic (exact) mass is 331 g/mol. The second-order valence-corrected chi connectivity index (χ2v) is 5.67. The molecule has 2 amide bonds. The normalized spacial score (nSPS) is 10.7. The van der Waals surface area contributed by atoms with Crippen molar-refractivity contribution in [2.45, 2.75) is 6.42 Å². The van der Waals surface area contributed by atoms with Gasteiger partial charge in [-0.2, -0.15) is 5.10 Å². The Balaban J connectivity index is 1.66. The molecule has 9 heteroatoms. The lowest BCUT2D eigenvalue weighted by Gasteiger charge is -1.98. The van der Waals surface area contributed by atoms with Crippen molar-refractivity contribution in [3.8, 4) is 11.5 Å². The van der Waals surface area contributed by atoms with Crippen LogP contribution in [-0.2, 0) is 18.3 Å². The van der Waals surface area contributed by atoms with Gasteiger partial charge in [-0.05, 0) is 12.1 Å². The molecule has 0 unspecified atom stereocenters. The Bertz CT molecular complexity index is 863. The van der Waals surface area contributed by atoms with Crippen molar-refractivity contribution in [3.63, 3.8) is 0 Å². The number of anilines is 1. The van der Waals surface area contributed by atoms with E-state index < -0.39 is 5.91 Å². The van der Waals surface area contributed by atoms with Crippen LogP contribution >= 0.6 is 11.3 Å². The molecular formula is C14H13N5O3S. The summed E-state index contributed by atoms with van der Waals surface area (Å²) in [6, 6.07) is 3.29. The first-order valence-electron chi connectivity index (χ1n) is 6.64. The molecule has 0 aliphatic heterocycles. The average Bonchev–Trinajstić information content (AvgIpc) is 3.19. The Labute approximate surface area is 134 Å². The van der Waals surface area contributed by atoms with E-state index in [9.17, 15) is 9.59 Å². The molecule has 3 rings (SSSR count). The van der Waals surface area contributed by atoms with Crippen molar-refractivity contribution in [1.82, 2.24) is 14.8 Å². The number of aromatic nitrogens is 3. The zero-order chi connectivity index (χ0) is 16.4. The fourth-order valence-corrected chi connectivity index (χ4v) is 2.65. The number of carbonyl (C=O) groups excluding carboxylic acids is 2. The van der Waals surface area contributed by atoms with Gasteiger partial charge in [0, 0.05) is 18.6 Å². The van der Waals surface area contributed by atoms with Crippen LogP contribution < -0.4 is 11.1 Å². The van der Waals surface area contributed by atoms with Crippen LogP contribution in [0.5, 0.6) is 0 Å². The second kappa shape index (κ2) is 6.05. The van der Waals surface area contributed by atoms with Crippen LogP contribution in [-0.4, -0.2) is 26.6 Å². The highest BCUT2D eigenvalue weighted by atomic mass is 32.1. The highest BCUT2D eigenvalue weighted by molar-refractivity contribution is 7.14. The van der Waals surface area contributed by atoms with Crippen LogP contribution in [0.2, 0.25) is 0 Å². The van der Waals surface area contributed by atoms with Crippen molar-refractivity contribution in [1.29, 1.82) is 0 Å². The zero-order valence-corrected chi connectivity index (χ0v) is 13.0. The fourth-order valence-electron chi connectivity index (χ4n) is 1.93. The quantitative estimate of drug-likeness (QED) is 0.733. The molecule has 3 aromatic rings. The number of rotatable bonds is 5. The van der Waals surface area contributed by atoms with E-state index in [1.807, 2.05) is 0 Å². The van der Waals surface area contributed by atoms with Gasteiger partial charge in [-0.25, -0.2) is 4.98 Å². The minimum atomic E-state index is -0.570. The Hall–Kier alpha value is -2.94. The van der Waals surface area contributed by atoms with Gasteiger partial charge in [0.15, 0.2) is 10.9 Å². The molecule has 3 aromatic heterocycles. The molecule has 0 fully saturated rings. The van der Waals surface area contributed by atoms with Gasteiger partial charge in [0.25, 0.3) is 5.91 Å². The Morgan fingerprint density at radius 3 is 2.96 bits per heavy atom. The molecule has 0 aliphatic rings. The first-order valence-corrected chi connectivity index (χ1v) is 7.52. The predicted octanol–water partition coefficient (Wildman–Crippen LogP) is 1.42. The summed E-state index contributed by atoms with van der Waals surface area (Å²) in [5.41, 5.74) is 6.65. The molecule has 118 valence electrons. The lowest BCUT2D eigenvalue weighted by molar-refractivity contribution is -0.115. The van der Waals surface area contributed by atoms with Gasteiger partial charge in [-0.15, -0.1) is 11.3 Å². The Morgan fingerprint density at radius 1 is 1.48 bits per heavy atom. The summed E-state index contributed by atoms with van der Waals surface area (Å²) < 4.78 is 6.88. The predicted molar refractivity (Wildman–Crippen MR) is 83.9 cm³/mol. The van der Waals surface area contributed by atoms with Gasteiger partial charge < -0.3 is 15.5 Å². The van der Waals surface area contributed by atoms with Gasteiger partial charge in [0.1, 0.15) is 12.0 Å². The van der Waals surface area contributed by atoms with Gasteiger partial charge >= 0.3 is 0 Å². The van der Waals surface area contributed by atoms with E-state index in [2.05, 4.69) is 15.4 Å². The molecule has 23 heavy (non-hydrogen) atoms. The molecule has 3 heterocycles. The summed E-state index contributed by atoms with van der Waals surface area (Å²) in [5, 5.41) is 9.01. The van der Waals surface area contributed by atoms with Crippen molar-refractivity contribution in [2.75, 3.05) is 5.32 Å². The molecule has 0 saturated carbocycles.